The summed E-state index contributed by atoms with van der Waals surface area (Å²) in [6.45, 7) is 2.01. The minimum Gasteiger partial charge on any atom is -0.369 e. The first-order valence-corrected chi connectivity index (χ1v) is 10.6. The standard InChI is InChI=1S/C18H25N7O2S/c1-24(2)14-6-12-19-16-9-10-17-21-22-18(25(17)23-16)11-13-20-28(26,27)15-7-4-3-5-8-15/h3-5,7-10,20H,6,11-14H2,1-2H3,(H,19,23). The predicted molar refractivity (Wildman–Crippen MR) is 108 cm³/mol. The van der Waals surface area contributed by atoms with Crippen molar-refractivity contribution in [2.45, 2.75) is 17.7 Å². The summed E-state index contributed by atoms with van der Waals surface area (Å²) in [6, 6.07) is 12.0. The van der Waals surface area contributed by atoms with Gasteiger partial charge in [-0.05, 0) is 51.3 Å². The molecule has 0 aliphatic rings. The molecule has 2 heterocycles. The minimum absolute atomic E-state index is 0.209. The van der Waals surface area contributed by atoms with Crippen molar-refractivity contribution in [2.24, 2.45) is 0 Å². The molecule has 0 bridgehead atoms. The van der Waals surface area contributed by atoms with Crippen molar-refractivity contribution in [3.63, 3.8) is 0 Å². The molecule has 0 fully saturated rings. The maximum absolute atomic E-state index is 12.3. The Kier molecular flexibility index (Phi) is 6.55. The molecule has 2 N–H and O–H groups in total. The van der Waals surface area contributed by atoms with E-state index in [1.165, 1.54) is 0 Å². The number of nitrogens with zero attached hydrogens (tertiary/aromatic N) is 5. The van der Waals surface area contributed by atoms with Crippen LogP contribution in [0.15, 0.2) is 47.4 Å². The lowest BCUT2D eigenvalue weighted by Crippen LogP contribution is -2.26. The van der Waals surface area contributed by atoms with E-state index in [1.54, 1.807) is 34.8 Å². The molecule has 3 aromatic rings. The maximum Gasteiger partial charge on any atom is 0.240 e. The lowest BCUT2D eigenvalue weighted by molar-refractivity contribution is 0.405. The van der Waals surface area contributed by atoms with Gasteiger partial charge in [0.15, 0.2) is 11.5 Å². The van der Waals surface area contributed by atoms with Gasteiger partial charge in [-0.15, -0.1) is 15.3 Å². The second kappa shape index (κ2) is 9.09. The molecule has 0 saturated carbocycles. The van der Waals surface area contributed by atoms with Crippen molar-refractivity contribution in [2.75, 3.05) is 39.0 Å². The van der Waals surface area contributed by atoms with Crippen LogP contribution in [0.25, 0.3) is 5.65 Å². The van der Waals surface area contributed by atoms with E-state index in [2.05, 4.69) is 30.2 Å². The van der Waals surface area contributed by atoms with Gasteiger partial charge in [-0.25, -0.2) is 13.1 Å². The van der Waals surface area contributed by atoms with Gasteiger partial charge in [0.2, 0.25) is 10.0 Å². The van der Waals surface area contributed by atoms with Crippen molar-refractivity contribution in [3.8, 4) is 0 Å². The Balaban J connectivity index is 1.61. The number of sulfonamides is 1. The molecule has 0 unspecified atom stereocenters. The van der Waals surface area contributed by atoms with Gasteiger partial charge in [0.25, 0.3) is 0 Å². The summed E-state index contributed by atoms with van der Waals surface area (Å²) in [5.41, 5.74) is 0.625. The highest BCUT2D eigenvalue weighted by Gasteiger charge is 2.14. The molecular formula is C18H25N7O2S. The first-order chi connectivity index (χ1) is 13.5. The molecule has 150 valence electrons. The highest BCUT2D eigenvalue weighted by atomic mass is 32.2. The lowest BCUT2D eigenvalue weighted by atomic mass is 10.4. The minimum atomic E-state index is -3.54. The van der Waals surface area contributed by atoms with E-state index in [-0.39, 0.29) is 11.4 Å². The molecule has 0 saturated heterocycles. The topological polar surface area (TPSA) is 105 Å². The molecule has 1 aromatic carbocycles. The summed E-state index contributed by atoms with van der Waals surface area (Å²) in [5, 5.41) is 16.0. The number of benzene rings is 1. The summed E-state index contributed by atoms with van der Waals surface area (Å²) in [4.78, 5) is 2.37. The van der Waals surface area contributed by atoms with Crippen molar-refractivity contribution in [1.82, 2.24) is 29.4 Å². The first kappa shape index (κ1) is 20.2. The number of hydrogen-bond donors (Lipinski definition) is 2. The van der Waals surface area contributed by atoms with E-state index in [4.69, 9.17) is 0 Å². The van der Waals surface area contributed by atoms with Crippen molar-refractivity contribution >= 4 is 21.5 Å². The number of hydrogen-bond acceptors (Lipinski definition) is 7. The van der Waals surface area contributed by atoms with Crippen molar-refractivity contribution in [3.05, 3.63) is 48.3 Å². The van der Waals surface area contributed by atoms with Crippen LogP contribution in [0.3, 0.4) is 0 Å². The zero-order chi connectivity index (χ0) is 20.0. The average Bonchev–Trinajstić information content (AvgIpc) is 3.08. The van der Waals surface area contributed by atoms with Gasteiger partial charge in [0.05, 0.1) is 4.90 Å². The summed E-state index contributed by atoms with van der Waals surface area (Å²) in [6.07, 6.45) is 1.38. The van der Waals surface area contributed by atoms with E-state index in [0.717, 1.165) is 25.3 Å². The van der Waals surface area contributed by atoms with Crippen molar-refractivity contribution < 1.29 is 8.42 Å². The van der Waals surface area contributed by atoms with Crippen LogP contribution in [0.2, 0.25) is 0 Å². The van der Waals surface area contributed by atoms with Gasteiger partial charge in [-0.1, -0.05) is 18.2 Å². The molecule has 2 aromatic heterocycles. The molecule has 0 radical (unpaired) electrons. The summed E-state index contributed by atoms with van der Waals surface area (Å²) < 4.78 is 28.8. The fourth-order valence-corrected chi connectivity index (χ4v) is 3.73. The highest BCUT2D eigenvalue weighted by molar-refractivity contribution is 7.89. The van der Waals surface area contributed by atoms with Gasteiger partial charge in [0.1, 0.15) is 5.82 Å². The number of aromatic nitrogens is 4. The molecule has 10 heteroatoms. The zero-order valence-corrected chi connectivity index (χ0v) is 16.9. The third-order valence-electron chi connectivity index (χ3n) is 4.11. The van der Waals surface area contributed by atoms with Crippen LogP contribution in [-0.2, 0) is 16.4 Å². The monoisotopic (exact) mass is 403 g/mol. The van der Waals surface area contributed by atoms with Crippen LogP contribution in [0.4, 0.5) is 5.82 Å². The fourth-order valence-electron chi connectivity index (χ4n) is 2.68. The number of fused-ring (bicyclic) bond motifs is 1. The van der Waals surface area contributed by atoms with Gasteiger partial charge in [0, 0.05) is 19.5 Å². The average molecular weight is 404 g/mol. The molecule has 0 aliphatic carbocycles. The van der Waals surface area contributed by atoms with E-state index in [1.807, 2.05) is 26.2 Å². The quantitative estimate of drug-likeness (QED) is 0.487. The Labute approximate surface area is 164 Å². The van der Waals surface area contributed by atoms with Crippen LogP contribution in [0, 0.1) is 0 Å². The molecule has 0 aliphatic heterocycles. The Morgan fingerprint density at radius 2 is 1.82 bits per heavy atom. The molecule has 0 atom stereocenters. The second-order valence-corrected chi connectivity index (χ2v) is 8.42. The normalized spacial score (nSPS) is 12.0. The van der Waals surface area contributed by atoms with E-state index >= 15 is 0 Å². The molecule has 0 spiro atoms. The SMILES string of the molecule is CN(C)CCCNc1ccc2nnc(CCNS(=O)(=O)c3ccccc3)n2n1. The maximum atomic E-state index is 12.3. The Hall–Kier alpha value is -2.56. The van der Waals surface area contributed by atoms with Crippen LogP contribution in [0.5, 0.6) is 0 Å². The summed E-state index contributed by atoms with van der Waals surface area (Å²) in [7, 11) is 0.542. The van der Waals surface area contributed by atoms with Gasteiger partial charge < -0.3 is 10.2 Å². The largest absolute Gasteiger partial charge is 0.369 e. The molecule has 9 nitrogen and oxygen atoms in total. The van der Waals surface area contributed by atoms with Crippen LogP contribution in [0.1, 0.15) is 12.2 Å². The molecule has 28 heavy (non-hydrogen) atoms. The third kappa shape index (κ3) is 5.24. The first-order valence-electron chi connectivity index (χ1n) is 9.10. The smallest absolute Gasteiger partial charge is 0.240 e. The van der Waals surface area contributed by atoms with Crippen LogP contribution in [-0.4, -0.2) is 66.9 Å². The number of rotatable bonds is 10. The number of nitrogens with one attached hydrogen (secondary N) is 2. The van der Waals surface area contributed by atoms with E-state index < -0.39 is 10.0 Å². The predicted octanol–water partition coefficient (Wildman–Crippen LogP) is 1.01. The van der Waals surface area contributed by atoms with E-state index in [9.17, 15) is 8.42 Å². The van der Waals surface area contributed by atoms with Crippen molar-refractivity contribution in [1.29, 1.82) is 0 Å². The van der Waals surface area contributed by atoms with Gasteiger partial charge in [-0.3, -0.25) is 0 Å². The molecule has 0 amide bonds. The summed E-state index contributed by atoms with van der Waals surface area (Å²) in [5.74, 6) is 1.33. The van der Waals surface area contributed by atoms with Crippen LogP contribution >= 0.6 is 0 Å². The molecular weight excluding hydrogens is 378 g/mol. The summed E-state index contributed by atoms with van der Waals surface area (Å²) >= 11 is 0. The Morgan fingerprint density at radius 1 is 1.04 bits per heavy atom. The van der Waals surface area contributed by atoms with E-state index in [0.29, 0.717) is 17.9 Å². The lowest BCUT2D eigenvalue weighted by Gasteiger charge is -2.10. The number of anilines is 1. The van der Waals surface area contributed by atoms with Crippen LogP contribution < -0.4 is 10.0 Å². The second-order valence-electron chi connectivity index (χ2n) is 6.65. The Bertz CT molecular complexity index is 1000. The Morgan fingerprint density at radius 3 is 2.57 bits per heavy atom. The third-order valence-corrected chi connectivity index (χ3v) is 5.59. The molecule has 3 rings (SSSR count). The zero-order valence-electron chi connectivity index (χ0n) is 16.0. The van der Waals surface area contributed by atoms with Gasteiger partial charge in [-0.2, -0.15) is 4.52 Å². The van der Waals surface area contributed by atoms with Gasteiger partial charge >= 0.3 is 0 Å². The fraction of sp³-hybridized carbons (Fsp3) is 0.389. The highest BCUT2D eigenvalue weighted by Crippen LogP contribution is 2.09.